The third-order valence-corrected chi connectivity index (χ3v) is 4.87. The standard InChI is InChI=1S/C24H28N2O/c1-17(2)22-11-7-8-18(3)24(22)25-23(27)16-26(4)15-19-12-13-20-9-5-6-10-21(20)14-19/h5-14,17H,15-16H2,1-4H3,(H,25,27). The zero-order valence-electron chi connectivity index (χ0n) is 16.6. The van der Waals surface area contributed by atoms with E-state index in [4.69, 9.17) is 0 Å². The fourth-order valence-corrected chi connectivity index (χ4v) is 3.47. The molecule has 0 unspecified atom stereocenters. The van der Waals surface area contributed by atoms with Crippen LogP contribution in [-0.4, -0.2) is 24.4 Å². The van der Waals surface area contributed by atoms with Gasteiger partial charge in [-0.1, -0.05) is 68.4 Å². The number of likely N-dealkylation sites (N-methyl/N-ethyl adjacent to an activating group) is 1. The summed E-state index contributed by atoms with van der Waals surface area (Å²) in [7, 11) is 1.98. The summed E-state index contributed by atoms with van der Waals surface area (Å²) in [6.07, 6.45) is 0. The minimum Gasteiger partial charge on any atom is -0.324 e. The molecule has 0 bridgehead atoms. The fourth-order valence-electron chi connectivity index (χ4n) is 3.47. The number of rotatable bonds is 6. The Balaban J connectivity index is 1.65. The summed E-state index contributed by atoms with van der Waals surface area (Å²) in [5, 5.41) is 5.60. The van der Waals surface area contributed by atoms with Gasteiger partial charge in [0.15, 0.2) is 0 Å². The largest absolute Gasteiger partial charge is 0.324 e. The van der Waals surface area contributed by atoms with Gasteiger partial charge in [0.05, 0.1) is 6.54 Å². The van der Waals surface area contributed by atoms with E-state index in [-0.39, 0.29) is 5.91 Å². The number of anilines is 1. The highest BCUT2D eigenvalue weighted by atomic mass is 16.2. The van der Waals surface area contributed by atoms with Crippen molar-refractivity contribution in [3.8, 4) is 0 Å². The van der Waals surface area contributed by atoms with Crippen LogP contribution in [0.4, 0.5) is 5.69 Å². The maximum Gasteiger partial charge on any atom is 0.238 e. The second-order valence-electron chi connectivity index (χ2n) is 7.60. The van der Waals surface area contributed by atoms with Gasteiger partial charge in [-0.3, -0.25) is 9.69 Å². The van der Waals surface area contributed by atoms with Crippen LogP contribution in [0.15, 0.2) is 60.7 Å². The second kappa shape index (κ2) is 8.36. The van der Waals surface area contributed by atoms with Crippen LogP contribution in [0.3, 0.4) is 0 Å². The number of nitrogens with one attached hydrogen (secondary N) is 1. The molecule has 0 aliphatic heterocycles. The number of hydrogen-bond donors (Lipinski definition) is 1. The quantitative estimate of drug-likeness (QED) is 0.643. The van der Waals surface area contributed by atoms with E-state index in [1.807, 2.05) is 31.0 Å². The highest BCUT2D eigenvalue weighted by Gasteiger charge is 2.13. The number of amides is 1. The van der Waals surface area contributed by atoms with Crippen molar-refractivity contribution in [2.24, 2.45) is 0 Å². The molecular formula is C24H28N2O. The molecule has 0 radical (unpaired) electrons. The normalized spacial score (nSPS) is 11.3. The van der Waals surface area contributed by atoms with Gasteiger partial charge in [0, 0.05) is 12.2 Å². The number of benzene rings is 3. The van der Waals surface area contributed by atoms with Crippen molar-refractivity contribution in [3.05, 3.63) is 77.4 Å². The van der Waals surface area contributed by atoms with E-state index in [1.165, 1.54) is 21.9 Å². The summed E-state index contributed by atoms with van der Waals surface area (Å²) in [5.41, 5.74) is 4.45. The van der Waals surface area contributed by atoms with Gasteiger partial charge in [0.1, 0.15) is 0 Å². The molecule has 3 heteroatoms. The first-order chi connectivity index (χ1) is 12.9. The highest BCUT2D eigenvalue weighted by molar-refractivity contribution is 5.94. The molecular weight excluding hydrogens is 332 g/mol. The highest BCUT2D eigenvalue weighted by Crippen LogP contribution is 2.27. The van der Waals surface area contributed by atoms with Crippen LogP contribution in [-0.2, 0) is 11.3 Å². The predicted molar refractivity (Wildman–Crippen MR) is 114 cm³/mol. The van der Waals surface area contributed by atoms with Crippen molar-refractivity contribution in [3.63, 3.8) is 0 Å². The van der Waals surface area contributed by atoms with Crippen molar-refractivity contribution < 1.29 is 4.79 Å². The van der Waals surface area contributed by atoms with Gasteiger partial charge in [-0.05, 0) is 53.4 Å². The molecule has 0 saturated carbocycles. The van der Waals surface area contributed by atoms with Gasteiger partial charge in [-0.2, -0.15) is 0 Å². The van der Waals surface area contributed by atoms with E-state index >= 15 is 0 Å². The molecule has 3 rings (SSSR count). The first-order valence-electron chi connectivity index (χ1n) is 9.49. The first-order valence-corrected chi connectivity index (χ1v) is 9.49. The van der Waals surface area contributed by atoms with Crippen molar-refractivity contribution in [1.29, 1.82) is 0 Å². The number of carbonyl (C=O) groups excluding carboxylic acids is 1. The van der Waals surface area contributed by atoms with Crippen molar-refractivity contribution in [2.45, 2.75) is 33.2 Å². The number of carbonyl (C=O) groups is 1. The molecule has 0 aromatic heterocycles. The molecule has 1 N–H and O–H groups in total. The molecule has 0 aliphatic rings. The molecule has 0 heterocycles. The molecule has 3 aromatic rings. The van der Waals surface area contributed by atoms with Crippen LogP contribution in [0.1, 0.15) is 36.5 Å². The lowest BCUT2D eigenvalue weighted by Crippen LogP contribution is -2.30. The first kappa shape index (κ1) is 19.1. The Labute approximate surface area is 162 Å². The van der Waals surface area contributed by atoms with Crippen LogP contribution in [0.2, 0.25) is 0 Å². The molecule has 0 aliphatic carbocycles. The summed E-state index contributed by atoms with van der Waals surface area (Å²) < 4.78 is 0. The number of aryl methyl sites for hydroxylation is 1. The van der Waals surface area contributed by atoms with Gasteiger partial charge in [0.2, 0.25) is 5.91 Å². The lowest BCUT2D eigenvalue weighted by Gasteiger charge is -2.20. The van der Waals surface area contributed by atoms with E-state index in [9.17, 15) is 4.79 Å². The van der Waals surface area contributed by atoms with Crippen LogP contribution in [0, 0.1) is 6.92 Å². The molecule has 3 aromatic carbocycles. The molecule has 1 amide bonds. The van der Waals surface area contributed by atoms with Crippen molar-refractivity contribution in [2.75, 3.05) is 18.9 Å². The fraction of sp³-hybridized carbons (Fsp3) is 0.292. The van der Waals surface area contributed by atoms with Crippen LogP contribution in [0.25, 0.3) is 10.8 Å². The Hall–Kier alpha value is -2.65. The Kier molecular flexibility index (Phi) is 5.92. The van der Waals surface area contributed by atoms with Crippen LogP contribution in [0.5, 0.6) is 0 Å². The molecule has 3 nitrogen and oxygen atoms in total. The van der Waals surface area contributed by atoms with E-state index in [1.54, 1.807) is 0 Å². The molecule has 0 saturated heterocycles. The minimum absolute atomic E-state index is 0.0227. The maximum absolute atomic E-state index is 12.6. The Morgan fingerprint density at radius 3 is 2.48 bits per heavy atom. The number of para-hydroxylation sites is 1. The zero-order valence-corrected chi connectivity index (χ0v) is 16.6. The Morgan fingerprint density at radius 1 is 1.00 bits per heavy atom. The van der Waals surface area contributed by atoms with Crippen molar-refractivity contribution in [1.82, 2.24) is 4.90 Å². The average Bonchev–Trinajstić information content (AvgIpc) is 2.63. The Bertz CT molecular complexity index is 946. The topological polar surface area (TPSA) is 32.3 Å². The lowest BCUT2D eigenvalue weighted by atomic mass is 9.98. The summed E-state index contributed by atoms with van der Waals surface area (Å²) in [4.78, 5) is 14.6. The lowest BCUT2D eigenvalue weighted by molar-refractivity contribution is -0.117. The van der Waals surface area contributed by atoms with Crippen LogP contribution < -0.4 is 5.32 Å². The molecule has 0 fully saturated rings. The smallest absolute Gasteiger partial charge is 0.238 e. The third kappa shape index (κ3) is 4.75. The van der Waals surface area contributed by atoms with Crippen LogP contribution >= 0.6 is 0 Å². The molecule has 0 atom stereocenters. The number of hydrogen-bond acceptors (Lipinski definition) is 2. The van der Waals surface area contributed by atoms with Gasteiger partial charge in [-0.15, -0.1) is 0 Å². The summed E-state index contributed by atoms with van der Waals surface area (Å²) in [6, 6.07) is 21.0. The second-order valence-corrected chi connectivity index (χ2v) is 7.60. The molecule has 0 spiro atoms. The predicted octanol–water partition coefficient (Wildman–Crippen LogP) is 5.34. The van der Waals surface area contributed by atoms with Gasteiger partial charge >= 0.3 is 0 Å². The number of fused-ring (bicyclic) bond motifs is 1. The SMILES string of the molecule is Cc1cccc(C(C)C)c1NC(=O)CN(C)Cc1ccc2ccccc2c1. The zero-order chi connectivity index (χ0) is 19.4. The third-order valence-electron chi connectivity index (χ3n) is 4.87. The van der Waals surface area contributed by atoms with Gasteiger partial charge < -0.3 is 5.32 Å². The number of nitrogens with zero attached hydrogens (tertiary/aromatic N) is 1. The monoisotopic (exact) mass is 360 g/mol. The average molecular weight is 361 g/mol. The summed E-state index contributed by atoms with van der Waals surface area (Å²) in [5.74, 6) is 0.394. The van der Waals surface area contributed by atoms with E-state index in [0.29, 0.717) is 12.5 Å². The summed E-state index contributed by atoms with van der Waals surface area (Å²) >= 11 is 0. The Morgan fingerprint density at radius 2 is 1.74 bits per heavy atom. The van der Waals surface area contributed by atoms with Gasteiger partial charge in [0.25, 0.3) is 0 Å². The van der Waals surface area contributed by atoms with E-state index in [2.05, 4.69) is 67.7 Å². The van der Waals surface area contributed by atoms with E-state index < -0.39 is 0 Å². The maximum atomic E-state index is 12.6. The minimum atomic E-state index is 0.0227. The van der Waals surface area contributed by atoms with Gasteiger partial charge in [-0.25, -0.2) is 0 Å². The summed E-state index contributed by atoms with van der Waals surface area (Å²) in [6.45, 7) is 7.44. The molecule has 140 valence electrons. The van der Waals surface area contributed by atoms with Crippen molar-refractivity contribution >= 4 is 22.4 Å². The molecule has 27 heavy (non-hydrogen) atoms. The van der Waals surface area contributed by atoms with E-state index in [0.717, 1.165) is 17.8 Å².